The summed E-state index contributed by atoms with van der Waals surface area (Å²) in [6, 6.07) is 9.41. The molecule has 3 N–H and O–H groups in total. The number of alkyl halides is 2. The Morgan fingerprint density at radius 1 is 1.33 bits per heavy atom. The average molecular weight is 309 g/mol. The van der Waals surface area contributed by atoms with Gasteiger partial charge in [-0.15, -0.1) is 0 Å². The fourth-order valence-corrected chi connectivity index (χ4v) is 2.38. The lowest BCUT2D eigenvalue weighted by molar-refractivity contribution is 0.102. The molecule has 1 aromatic carbocycles. The molecule has 0 aliphatic carbocycles. The molecule has 0 saturated carbocycles. The smallest absolute Gasteiger partial charge is 0.288 e. The van der Waals surface area contributed by atoms with E-state index in [2.05, 4.69) is 10.3 Å². The molecule has 21 heavy (non-hydrogen) atoms. The van der Waals surface area contributed by atoms with E-state index in [-0.39, 0.29) is 5.82 Å². The van der Waals surface area contributed by atoms with Crippen molar-refractivity contribution in [2.75, 3.05) is 11.1 Å². The second-order valence-electron chi connectivity index (χ2n) is 4.25. The maximum atomic E-state index is 12.5. The number of aromatic nitrogens is 1. The molecule has 1 aromatic heterocycles. The number of nitrogens with zero attached hydrogens (tertiary/aromatic N) is 1. The van der Waals surface area contributed by atoms with Gasteiger partial charge in [0.05, 0.1) is 5.69 Å². The van der Waals surface area contributed by atoms with Gasteiger partial charge in [-0.25, -0.2) is 4.98 Å². The van der Waals surface area contributed by atoms with Crippen LogP contribution in [0.5, 0.6) is 0 Å². The van der Waals surface area contributed by atoms with Gasteiger partial charge < -0.3 is 11.1 Å². The number of para-hydroxylation sites is 1. The van der Waals surface area contributed by atoms with Crippen LogP contribution in [0.2, 0.25) is 0 Å². The van der Waals surface area contributed by atoms with Gasteiger partial charge in [-0.1, -0.05) is 23.9 Å². The molecule has 1 heterocycles. The van der Waals surface area contributed by atoms with Gasteiger partial charge in [0, 0.05) is 16.2 Å². The molecule has 0 aliphatic heterocycles. The molecule has 2 rings (SSSR count). The van der Waals surface area contributed by atoms with E-state index in [1.807, 2.05) is 0 Å². The van der Waals surface area contributed by atoms with Crippen LogP contribution in [0, 0.1) is 6.92 Å². The number of benzene rings is 1. The predicted molar refractivity (Wildman–Crippen MR) is 79.6 cm³/mol. The van der Waals surface area contributed by atoms with Gasteiger partial charge in [0.25, 0.3) is 11.7 Å². The number of amides is 1. The molecule has 0 atom stereocenters. The summed E-state index contributed by atoms with van der Waals surface area (Å²) in [7, 11) is 0. The standard InChI is InChI=1S/C14H13F2N3OS/c1-8-6-9(7-12(17)18-8)13(20)19-10-4-2-3-5-11(10)21-14(15)16/h2-7,14H,1H3,(H2,17,18)(H,19,20). The van der Waals surface area contributed by atoms with Gasteiger partial charge in [-0.05, 0) is 31.2 Å². The molecule has 0 radical (unpaired) electrons. The number of halogens is 2. The summed E-state index contributed by atoms with van der Waals surface area (Å²) in [5, 5.41) is 2.61. The Morgan fingerprint density at radius 3 is 2.71 bits per heavy atom. The normalized spacial score (nSPS) is 10.7. The highest BCUT2D eigenvalue weighted by Gasteiger charge is 2.13. The molecule has 4 nitrogen and oxygen atoms in total. The van der Waals surface area contributed by atoms with E-state index in [1.54, 1.807) is 31.2 Å². The third-order valence-corrected chi connectivity index (χ3v) is 3.37. The number of carbonyl (C=O) groups is 1. The molecular weight excluding hydrogens is 296 g/mol. The van der Waals surface area contributed by atoms with Crippen LogP contribution < -0.4 is 11.1 Å². The van der Waals surface area contributed by atoms with Crippen molar-refractivity contribution in [3.8, 4) is 0 Å². The summed E-state index contributed by atoms with van der Waals surface area (Å²) in [6.45, 7) is 1.72. The Hall–Kier alpha value is -2.15. The number of anilines is 2. The topological polar surface area (TPSA) is 68.0 Å². The molecular formula is C14H13F2N3OS. The van der Waals surface area contributed by atoms with Crippen molar-refractivity contribution >= 4 is 29.2 Å². The van der Waals surface area contributed by atoms with E-state index in [9.17, 15) is 13.6 Å². The Bertz CT molecular complexity index is 644. The molecule has 0 spiro atoms. The highest BCUT2D eigenvalue weighted by molar-refractivity contribution is 7.99. The number of nitrogen functional groups attached to an aromatic ring is 1. The Kier molecular flexibility index (Phi) is 4.74. The summed E-state index contributed by atoms with van der Waals surface area (Å²) in [5.74, 6) is -2.74. The molecule has 0 aliphatic rings. The monoisotopic (exact) mass is 309 g/mol. The van der Waals surface area contributed by atoms with Gasteiger partial charge in [0.15, 0.2) is 0 Å². The lowest BCUT2D eigenvalue weighted by atomic mass is 10.2. The summed E-state index contributed by atoms with van der Waals surface area (Å²) >= 11 is 0.383. The molecule has 7 heteroatoms. The zero-order chi connectivity index (χ0) is 15.4. The van der Waals surface area contributed by atoms with E-state index in [1.165, 1.54) is 12.1 Å². The molecule has 0 bridgehead atoms. The second kappa shape index (κ2) is 6.53. The van der Waals surface area contributed by atoms with Gasteiger partial charge in [0.2, 0.25) is 0 Å². The quantitative estimate of drug-likeness (QED) is 0.848. The maximum absolute atomic E-state index is 12.5. The fourth-order valence-electron chi connectivity index (χ4n) is 1.79. The largest absolute Gasteiger partial charge is 0.384 e. The third-order valence-electron chi connectivity index (χ3n) is 2.59. The van der Waals surface area contributed by atoms with E-state index in [0.717, 1.165) is 0 Å². The first-order valence-electron chi connectivity index (χ1n) is 6.05. The van der Waals surface area contributed by atoms with E-state index in [0.29, 0.717) is 33.6 Å². The molecule has 110 valence electrons. The Balaban J connectivity index is 2.23. The van der Waals surface area contributed by atoms with Crippen molar-refractivity contribution in [3.63, 3.8) is 0 Å². The molecule has 0 fully saturated rings. The summed E-state index contributed by atoms with van der Waals surface area (Å²) in [5.41, 5.74) is 6.86. The number of carbonyl (C=O) groups excluding carboxylic acids is 1. The Morgan fingerprint density at radius 2 is 2.05 bits per heavy atom. The van der Waals surface area contributed by atoms with Crippen LogP contribution >= 0.6 is 11.8 Å². The highest BCUT2D eigenvalue weighted by Crippen LogP contribution is 2.31. The number of nitrogens with two attached hydrogens (primary N) is 1. The van der Waals surface area contributed by atoms with Crippen LogP contribution in [0.1, 0.15) is 16.1 Å². The lowest BCUT2D eigenvalue weighted by Crippen LogP contribution is -2.13. The van der Waals surface area contributed by atoms with Crippen LogP contribution in [-0.2, 0) is 0 Å². The minimum absolute atomic E-state index is 0.232. The number of hydrogen-bond acceptors (Lipinski definition) is 4. The zero-order valence-electron chi connectivity index (χ0n) is 11.1. The number of hydrogen-bond donors (Lipinski definition) is 2. The van der Waals surface area contributed by atoms with Crippen LogP contribution in [-0.4, -0.2) is 16.6 Å². The van der Waals surface area contributed by atoms with Crippen LogP contribution in [0.3, 0.4) is 0 Å². The minimum atomic E-state index is -2.55. The van der Waals surface area contributed by atoms with Gasteiger partial charge >= 0.3 is 0 Å². The zero-order valence-corrected chi connectivity index (χ0v) is 12.0. The van der Waals surface area contributed by atoms with Crippen molar-refractivity contribution in [1.82, 2.24) is 4.98 Å². The molecule has 0 unspecified atom stereocenters. The fraction of sp³-hybridized carbons (Fsp3) is 0.143. The minimum Gasteiger partial charge on any atom is -0.384 e. The number of pyridine rings is 1. The van der Waals surface area contributed by atoms with E-state index < -0.39 is 11.7 Å². The SMILES string of the molecule is Cc1cc(C(=O)Nc2ccccc2SC(F)F)cc(N)n1. The summed E-state index contributed by atoms with van der Waals surface area (Å²) in [6.07, 6.45) is 0. The molecule has 0 saturated heterocycles. The highest BCUT2D eigenvalue weighted by atomic mass is 32.2. The van der Waals surface area contributed by atoms with E-state index in [4.69, 9.17) is 5.73 Å². The maximum Gasteiger partial charge on any atom is 0.288 e. The average Bonchev–Trinajstić information content (AvgIpc) is 2.39. The van der Waals surface area contributed by atoms with Crippen molar-refractivity contribution in [1.29, 1.82) is 0 Å². The number of thioether (sulfide) groups is 1. The van der Waals surface area contributed by atoms with Gasteiger partial charge in [-0.2, -0.15) is 8.78 Å². The van der Waals surface area contributed by atoms with Crippen molar-refractivity contribution in [3.05, 3.63) is 47.7 Å². The Labute approximate surface area is 124 Å². The van der Waals surface area contributed by atoms with Crippen molar-refractivity contribution < 1.29 is 13.6 Å². The van der Waals surface area contributed by atoms with Gasteiger partial charge in [-0.3, -0.25) is 4.79 Å². The first-order valence-corrected chi connectivity index (χ1v) is 6.93. The van der Waals surface area contributed by atoms with Gasteiger partial charge in [0.1, 0.15) is 5.82 Å². The third kappa shape index (κ3) is 4.16. The van der Waals surface area contributed by atoms with Crippen LogP contribution in [0.4, 0.5) is 20.3 Å². The van der Waals surface area contributed by atoms with Crippen molar-refractivity contribution in [2.45, 2.75) is 17.6 Å². The van der Waals surface area contributed by atoms with E-state index >= 15 is 0 Å². The number of nitrogens with one attached hydrogen (secondary N) is 1. The summed E-state index contributed by atoms with van der Waals surface area (Å²) < 4.78 is 25.0. The summed E-state index contributed by atoms with van der Waals surface area (Å²) in [4.78, 5) is 16.4. The van der Waals surface area contributed by atoms with Crippen LogP contribution in [0.25, 0.3) is 0 Å². The number of rotatable bonds is 4. The lowest BCUT2D eigenvalue weighted by Gasteiger charge is -2.11. The molecule has 1 amide bonds. The number of aryl methyl sites for hydroxylation is 1. The second-order valence-corrected chi connectivity index (χ2v) is 5.28. The van der Waals surface area contributed by atoms with Crippen LogP contribution in [0.15, 0.2) is 41.3 Å². The predicted octanol–water partition coefficient (Wildman–Crippen LogP) is 3.54. The van der Waals surface area contributed by atoms with Crippen molar-refractivity contribution in [2.24, 2.45) is 0 Å². The first kappa shape index (κ1) is 15.2. The first-order chi connectivity index (χ1) is 9.95. The molecule has 2 aromatic rings.